The van der Waals surface area contributed by atoms with Crippen molar-refractivity contribution >= 4 is 6.21 Å². The van der Waals surface area contributed by atoms with Gasteiger partial charge in [-0.05, 0) is 74.0 Å². The zero-order valence-electron chi connectivity index (χ0n) is 16.4. The molecule has 1 heterocycles. The molecule has 2 nitrogen and oxygen atoms in total. The maximum absolute atomic E-state index is 5.45. The normalized spacial score (nSPS) is 28.1. The Kier molecular flexibility index (Phi) is 5.50. The molecule has 3 unspecified atom stereocenters. The lowest BCUT2D eigenvalue weighted by Crippen LogP contribution is -1.96. The Labute approximate surface area is 157 Å². The Hall–Kier alpha value is -2.49. The van der Waals surface area contributed by atoms with E-state index in [1.165, 1.54) is 16.7 Å². The van der Waals surface area contributed by atoms with Crippen molar-refractivity contribution in [3.05, 3.63) is 63.7 Å². The van der Waals surface area contributed by atoms with E-state index in [9.17, 15) is 0 Å². The predicted octanol–water partition coefficient (Wildman–Crippen LogP) is 5.32. The SMILES string of the molecule is CC=C(C)C(=CC1=C(C)CC2C(C)C2N=C1)C1=C=C(OC)CC#CC=C1. The quantitative estimate of drug-likeness (QED) is 0.384. The van der Waals surface area contributed by atoms with Crippen LogP contribution in [0.2, 0.25) is 0 Å². The van der Waals surface area contributed by atoms with Crippen molar-refractivity contribution in [1.29, 1.82) is 0 Å². The lowest BCUT2D eigenvalue weighted by molar-refractivity contribution is 0.287. The third-order valence-electron chi connectivity index (χ3n) is 5.58. The van der Waals surface area contributed by atoms with E-state index in [2.05, 4.69) is 63.6 Å². The van der Waals surface area contributed by atoms with E-state index < -0.39 is 0 Å². The smallest absolute Gasteiger partial charge is 0.150 e. The van der Waals surface area contributed by atoms with Crippen molar-refractivity contribution in [2.45, 2.75) is 46.6 Å². The summed E-state index contributed by atoms with van der Waals surface area (Å²) in [7, 11) is 1.68. The van der Waals surface area contributed by atoms with Gasteiger partial charge in [0.1, 0.15) is 0 Å². The van der Waals surface area contributed by atoms with E-state index >= 15 is 0 Å². The van der Waals surface area contributed by atoms with Crippen LogP contribution >= 0.6 is 0 Å². The van der Waals surface area contributed by atoms with Crippen LogP contribution in [0.1, 0.15) is 40.5 Å². The van der Waals surface area contributed by atoms with Gasteiger partial charge < -0.3 is 4.74 Å². The molecule has 134 valence electrons. The molecule has 0 saturated heterocycles. The summed E-state index contributed by atoms with van der Waals surface area (Å²) in [6, 6.07) is 0.512. The second-order valence-electron chi connectivity index (χ2n) is 7.26. The summed E-state index contributed by atoms with van der Waals surface area (Å²) in [4.78, 5) is 4.81. The molecule has 3 atom stereocenters. The largest absolute Gasteiger partial charge is 0.492 e. The molecule has 1 saturated carbocycles. The van der Waals surface area contributed by atoms with Crippen molar-refractivity contribution in [3.8, 4) is 11.8 Å². The number of hydrogen-bond donors (Lipinski definition) is 0. The summed E-state index contributed by atoms with van der Waals surface area (Å²) in [5.41, 5.74) is 9.40. The number of aliphatic imine (C=N–C) groups is 1. The number of rotatable bonds is 4. The summed E-state index contributed by atoms with van der Waals surface area (Å²) in [5.74, 6) is 8.33. The van der Waals surface area contributed by atoms with Crippen molar-refractivity contribution in [1.82, 2.24) is 0 Å². The topological polar surface area (TPSA) is 21.6 Å². The molecule has 1 fully saturated rings. The first-order valence-corrected chi connectivity index (χ1v) is 9.32. The van der Waals surface area contributed by atoms with Gasteiger partial charge in [-0.25, -0.2) is 0 Å². The van der Waals surface area contributed by atoms with Crippen molar-refractivity contribution < 1.29 is 4.74 Å². The highest BCUT2D eigenvalue weighted by atomic mass is 16.5. The monoisotopic (exact) mass is 345 g/mol. The molecule has 0 amide bonds. The molecular weight excluding hydrogens is 318 g/mol. The number of hydrogen-bond acceptors (Lipinski definition) is 2. The number of fused-ring (bicyclic) bond motifs is 1. The lowest BCUT2D eigenvalue weighted by atomic mass is 9.93. The first-order chi connectivity index (χ1) is 12.5. The standard InChI is InChI=1S/C24H27NO/c1-6-16(2)22(19-10-8-7-9-11-21(13-19)26-5)14-20-15-25-24-18(4)23(24)12-17(20)3/h6,8,10,14-15,18,23-24H,11-12H2,1-5H3. The van der Waals surface area contributed by atoms with Gasteiger partial charge in [0.15, 0.2) is 5.76 Å². The lowest BCUT2D eigenvalue weighted by Gasteiger charge is -2.11. The second kappa shape index (κ2) is 7.81. The minimum absolute atomic E-state index is 0.512. The Balaban J connectivity index is 2.07. The molecule has 26 heavy (non-hydrogen) atoms. The maximum Gasteiger partial charge on any atom is 0.150 e. The highest BCUT2D eigenvalue weighted by Crippen LogP contribution is 2.47. The molecular formula is C24H27NO. The zero-order chi connectivity index (χ0) is 18.7. The highest BCUT2D eigenvalue weighted by molar-refractivity contribution is 5.85. The van der Waals surface area contributed by atoms with E-state index in [1.54, 1.807) is 7.11 Å². The van der Waals surface area contributed by atoms with Crippen LogP contribution < -0.4 is 0 Å². The van der Waals surface area contributed by atoms with E-state index in [0.717, 1.165) is 35.2 Å². The van der Waals surface area contributed by atoms with Gasteiger partial charge in [-0.15, -0.1) is 0 Å². The average Bonchev–Trinajstić information content (AvgIpc) is 3.26. The third kappa shape index (κ3) is 3.85. The highest BCUT2D eigenvalue weighted by Gasteiger charge is 2.47. The summed E-state index contributed by atoms with van der Waals surface area (Å²) in [6.45, 7) is 8.74. The van der Waals surface area contributed by atoms with Crippen LogP contribution in [0.5, 0.6) is 0 Å². The number of allylic oxidation sites excluding steroid dienone is 9. The van der Waals surface area contributed by atoms with Crippen molar-refractivity contribution in [2.75, 3.05) is 7.11 Å². The third-order valence-corrected chi connectivity index (χ3v) is 5.58. The summed E-state index contributed by atoms with van der Waals surface area (Å²) >= 11 is 0. The van der Waals surface area contributed by atoms with Crippen LogP contribution in [0, 0.1) is 23.7 Å². The van der Waals surface area contributed by atoms with E-state index in [0.29, 0.717) is 12.5 Å². The zero-order valence-corrected chi connectivity index (χ0v) is 16.4. The van der Waals surface area contributed by atoms with Gasteiger partial charge in [-0.2, -0.15) is 0 Å². The molecule has 0 aromatic heterocycles. The van der Waals surface area contributed by atoms with E-state index in [-0.39, 0.29) is 0 Å². The Morgan fingerprint density at radius 1 is 1.38 bits per heavy atom. The number of ether oxygens (including phenoxy) is 1. The van der Waals surface area contributed by atoms with E-state index in [1.807, 2.05) is 12.2 Å². The average molecular weight is 345 g/mol. The molecule has 0 aromatic rings. The minimum atomic E-state index is 0.512. The fraction of sp³-hybridized carbons (Fsp3) is 0.417. The van der Waals surface area contributed by atoms with Crippen LogP contribution in [0.15, 0.2) is 68.7 Å². The first-order valence-electron chi connectivity index (χ1n) is 9.32. The van der Waals surface area contributed by atoms with E-state index in [4.69, 9.17) is 9.73 Å². The van der Waals surface area contributed by atoms with Crippen LogP contribution in [0.4, 0.5) is 0 Å². The molecule has 0 bridgehead atoms. The Morgan fingerprint density at radius 3 is 2.92 bits per heavy atom. The molecule has 0 spiro atoms. The van der Waals surface area contributed by atoms with Gasteiger partial charge in [-0.3, -0.25) is 4.99 Å². The predicted molar refractivity (Wildman–Crippen MR) is 109 cm³/mol. The fourth-order valence-corrected chi connectivity index (χ4v) is 3.53. The number of nitrogens with zero attached hydrogens (tertiary/aromatic N) is 1. The Bertz CT molecular complexity index is 873. The van der Waals surface area contributed by atoms with Gasteiger partial charge in [-0.1, -0.05) is 36.1 Å². The number of methoxy groups -OCH3 is 1. The van der Waals surface area contributed by atoms with Gasteiger partial charge in [0, 0.05) is 11.8 Å². The summed E-state index contributed by atoms with van der Waals surface area (Å²) in [5, 5.41) is 0. The summed E-state index contributed by atoms with van der Waals surface area (Å²) < 4.78 is 5.45. The summed E-state index contributed by atoms with van der Waals surface area (Å²) in [6.07, 6.45) is 12.1. The molecule has 0 N–H and O–H groups in total. The van der Waals surface area contributed by atoms with Crippen LogP contribution in [-0.4, -0.2) is 19.4 Å². The van der Waals surface area contributed by atoms with Crippen molar-refractivity contribution in [2.24, 2.45) is 16.8 Å². The second-order valence-corrected chi connectivity index (χ2v) is 7.26. The molecule has 1 aliphatic heterocycles. The molecule has 2 aliphatic carbocycles. The molecule has 3 aliphatic rings. The first kappa shape index (κ1) is 18.3. The van der Waals surface area contributed by atoms with Crippen LogP contribution in [0.25, 0.3) is 0 Å². The minimum Gasteiger partial charge on any atom is -0.492 e. The molecule has 3 rings (SSSR count). The fourth-order valence-electron chi connectivity index (χ4n) is 3.53. The maximum atomic E-state index is 5.45. The van der Waals surface area contributed by atoms with Crippen LogP contribution in [-0.2, 0) is 4.74 Å². The van der Waals surface area contributed by atoms with Gasteiger partial charge in [0.2, 0.25) is 0 Å². The van der Waals surface area contributed by atoms with Gasteiger partial charge >= 0.3 is 0 Å². The Morgan fingerprint density at radius 2 is 2.19 bits per heavy atom. The molecule has 0 aromatic carbocycles. The van der Waals surface area contributed by atoms with Gasteiger partial charge in [0.05, 0.1) is 19.6 Å². The van der Waals surface area contributed by atoms with Crippen LogP contribution in [0.3, 0.4) is 0 Å². The van der Waals surface area contributed by atoms with Gasteiger partial charge in [0.25, 0.3) is 0 Å². The molecule has 0 radical (unpaired) electrons. The van der Waals surface area contributed by atoms with Crippen molar-refractivity contribution in [3.63, 3.8) is 0 Å². The molecule has 2 heteroatoms.